The molecule has 1 rings (SSSR count). The molecule has 1 saturated heterocycles. The summed E-state index contributed by atoms with van der Waals surface area (Å²) in [6.45, 7) is 5.43. The first-order valence-corrected chi connectivity index (χ1v) is 7.98. The van der Waals surface area contributed by atoms with Crippen LogP contribution in [-0.2, 0) is 22.8 Å². The van der Waals surface area contributed by atoms with E-state index >= 15 is 0 Å². The van der Waals surface area contributed by atoms with E-state index in [0.29, 0.717) is 6.61 Å². The summed E-state index contributed by atoms with van der Waals surface area (Å²) in [7, 11) is 0.176. The Kier molecular flexibility index (Phi) is 6.71. The molecule has 0 spiro atoms. The molecular formula is C11H24O6Si. The normalized spacial score (nSPS) is 21.3. The monoisotopic (exact) mass is 280 g/mol. The first-order valence-electron chi connectivity index (χ1n) is 6.18. The van der Waals surface area contributed by atoms with Crippen LogP contribution in [0.25, 0.3) is 0 Å². The predicted molar refractivity (Wildman–Crippen MR) is 67.1 cm³/mol. The second kappa shape index (κ2) is 7.54. The van der Waals surface area contributed by atoms with Crippen LogP contribution in [0.2, 0.25) is 0 Å². The van der Waals surface area contributed by atoms with Gasteiger partial charge in [-0.3, -0.25) is 0 Å². The van der Waals surface area contributed by atoms with Gasteiger partial charge in [0, 0.05) is 14.2 Å². The Hall–Kier alpha value is -0.0231. The molecule has 0 aromatic rings. The fourth-order valence-corrected chi connectivity index (χ4v) is 4.31. The molecule has 0 bridgehead atoms. The maximum absolute atomic E-state index is 8.89. The number of epoxide rings is 1. The summed E-state index contributed by atoms with van der Waals surface area (Å²) in [5.74, 6) is 0.189. The zero-order chi connectivity index (χ0) is 13.6. The maximum Gasteiger partial charge on any atom is 0.531 e. The third kappa shape index (κ3) is 4.27. The topological polar surface area (TPSA) is 69.7 Å². The third-order valence-electron chi connectivity index (χ3n) is 2.78. The van der Waals surface area contributed by atoms with Crippen LogP contribution >= 0.6 is 0 Å². The van der Waals surface area contributed by atoms with Crippen molar-refractivity contribution in [1.82, 2.24) is 0 Å². The van der Waals surface area contributed by atoms with E-state index in [-0.39, 0.29) is 31.0 Å². The fourth-order valence-electron chi connectivity index (χ4n) is 1.78. The van der Waals surface area contributed by atoms with Crippen LogP contribution in [0.1, 0.15) is 13.8 Å². The van der Waals surface area contributed by atoms with Gasteiger partial charge in [0.2, 0.25) is 0 Å². The molecule has 0 aliphatic carbocycles. The maximum atomic E-state index is 8.89. The predicted octanol–water partition coefficient (Wildman–Crippen LogP) is 0.206. The number of ether oxygens (including phenoxy) is 2. The molecule has 0 saturated carbocycles. The van der Waals surface area contributed by atoms with Crippen molar-refractivity contribution in [3.05, 3.63) is 0 Å². The molecule has 7 heteroatoms. The highest BCUT2D eigenvalue weighted by molar-refractivity contribution is 6.62. The Morgan fingerprint density at radius 3 is 2.33 bits per heavy atom. The Morgan fingerprint density at radius 2 is 1.94 bits per heavy atom. The summed E-state index contributed by atoms with van der Waals surface area (Å²) in [5, 5.41) is 8.89. The number of hydrogen-bond acceptors (Lipinski definition) is 6. The first kappa shape index (κ1) is 16.0. The van der Waals surface area contributed by atoms with Gasteiger partial charge in [0.05, 0.1) is 26.4 Å². The highest BCUT2D eigenvalue weighted by Crippen LogP contribution is 2.24. The second-order valence-corrected chi connectivity index (χ2v) is 7.42. The molecule has 2 atom stereocenters. The number of hydrogen-bond donors (Lipinski definition) is 1. The van der Waals surface area contributed by atoms with Gasteiger partial charge in [-0.15, -0.1) is 0 Å². The second-order valence-electron chi connectivity index (χ2n) is 4.54. The van der Waals surface area contributed by atoms with E-state index in [9.17, 15) is 0 Å². The van der Waals surface area contributed by atoms with Crippen molar-refractivity contribution >= 4 is 8.80 Å². The molecule has 2 unspecified atom stereocenters. The zero-order valence-corrected chi connectivity index (χ0v) is 12.5. The Bertz CT molecular complexity index is 230. The summed E-state index contributed by atoms with van der Waals surface area (Å²) in [4.78, 5) is 0. The Balaban J connectivity index is 2.66. The van der Waals surface area contributed by atoms with E-state index in [2.05, 4.69) is 0 Å². The van der Waals surface area contributed by atoms with Crippen LogP contribution in [0.15, 0.2) is 0 Å². The molecule has 1 N–H and O–H groups in total. The first-order chi connectivity index (χ1) is 8.59. The van der Waals surface area contributed by atoms with Gasteiger partial charge >= 0.3 is 8.80 Å². The number of aliphatic hydroxyl groups is 1. The van der Waals surface area contributed by atoms with Crippen LogP contribution in [0.5, 0.6) is 0 Å². The van der Waals surface area contributed by atoms with Gasteiger partial charge in [0.25, 0.3) is 0 Å². The van der Waals surface area contributed by atoms with E-state index in [1.54, 1.807) is 14.2 Å². The summed E-state index contributed by atoms with van der Waals surface area (Å²) in [6, 6.07) is 0. The van der Waals surface area contributed by atoms with Crippen molar-refractivity contribution in [3.8, 4) is 0 Å². The van der Waals surface area contributed by atoms with Crippen LogP contribution in [-0.4, -0.2) is 66.4 Å². The third-order valence-corrected chi connectivity index (χ3v) is 6.06. The highest BCUT2D eigenvalue weighted by atomic mass is 28.4. The molecule has 0 aromatic carbocycles. The fraction of sp³-hybridized carbons (Fsp3) is 1.00. The lowest BCUT2D eigenvalue weighted by Crippen LogP contribution is -2.59. The van der Waals surface area contributed by atoms with E-state index < -0.39 is 8.80 Å². The Labute approximate surface area is 109 Å². The van der Waals surface area contributed by atoms with E-state index in [1.165, 1.54) is 0 Å². The molecule has 0 radical (unpaired) electrons. The molecule has 1 fully saturated rings. The van der Waals surface area contributed by atoms with E-state index in [0.717, 1.165) is 6.61 Å². The minimum Gasteiger partial charge on any atom is -0.394 e. The van der Waals surface area contributed by atoms with Crippen molar-refractivity contribution in [1.29, 1.82) is 0 Å². The largest absolute Gasteiger partial charge is 0.531 e. The molecule has 18 heavy (non-hydrogen) atoms. The van der Waals surface area contributed by atoms with E-state index in [4.69, 9.17) is 27.9 Å². The molecule has 0 aromatic heterocycles. The molecule has 1 aliphatic heterocycles. The van der Waals surface area contributed by atoms with Gasteiger partial charge in [0.15, 0.2) is 0 Å². The highest BCUT2D eigenvalue weighted by Gasteiger charge is 2.51. The van der Waals surface area contributed by atoms with Crippen LogP contribution in [0.4, 0.5) is 0 Å². The van der Waals surface area contributed by atoms with Crippen LogP contribution in [0.3, 0.4) is 0 Å². The van der Waals surface area contributed by atoms with Crippen LogP contribution in [0, 0.1) is 5.92 Å². The zero-order valence-electron chi connectivity index (χ0n) is 11.5. The molecule has 0 amide bonds. The molecular weight excluding hydrogens is 256 g/mol. The van der Waals surface area contributed by atoms with Gasteiger partial charge in [-0.05, 0) is 5.92 Å². The molecule has 108 valence electrons. The minimum atomic E-state index is -2.93. The van der Waals surface area contributed by atoms with Crippen molar-refractivity contribution in [2.45, 2.75) is 25.7 Å². The van der Waals surface area contributed by atoms with E-state index in [1.807, 2.05) is 13.8 Å². The summed E-state index contributed by atoms with van der Waals surface area (Å²) >= 11 is 0. The lowest BCUT2D eigenvalue weighted by atomic mass is 10.2. The smallest absolute Gasteiger partial charge is 0.394 e. The van der Waals surface area contributed by atoms with Crippen molar-refractivity contribution in [3.63, 3.8) is 0 Å². The van der Waals surface area contributed by atoms with Gasteiger partial charge in [-0.25, -0.2) is 0 Å². The van der Waals surface area contributed by atoms with Gasteiger partial charge in [-0.2, -0.15) is 0 Å². The lowest BCUT2D eigenvalue weighted by molar-refractivity contribution is -0.0230. The van der Waals surface area contributed by atoms with Crippen molar-refractivity contribution < 1.29 is 27.9 Å². The average Bonchev–Trinajstić information content (AvgIpc) is 3.17. The minimum absolute atomic E-state index is 0.0714. The SMILES string of the molecule is CO[Si](OC)(OCCO)C(OCC1CO1)C(C)C. The average molecular weight is 280 g/mol. The molecule has 6 nitrogen and oxygen atoms in total. The summed E-state index contributed by atoms with van der Waals surface area (Å²) in [6.07, 6.45) is 0.185. The number of aliphatic hydroxyl groups excluding tert-OH is 1. The lowest BCUT2D eigenvalue weighted by Gasteiger charge is -2.35. The number of rotatable bonds is 10. The van der Waals surface area contributed by atoms with Gasteiger partial charge in [0.1, 0.15) is 11.8 Å². The van der Waals surface area contributed by atoms with Crippen molar-refractivity contribution in [2.75, 3.05) is 40.6 Å². The quantitative estimate of drug-likeness (QED) is 0.455. The van der Waals surface area contributed by atoms with Gasteiger partial charge in [-0.1, -0.05) is 13.8 Å². The standard InChI is InChI=1S/C11H24O6Si/c1-9(2)11(16-8-10-7-15-10)18(13-3,14-4)17-6-5-12/h9-12H,5-8H2,1-4H3. The van der Waals surface area contributed by atoms with Crippen molar-refractivity contribution in [2.24, 2.45) is 5.92 Å². The Morgan fingerprint density at radius 1 is 1.33 bits per heavy atom. The molecule has 1 aliphatic rings. The van der Waals surface area contributed by atoms with Gasteiger partial charge < -0.3 is 27.9 Å². The summed E-state index contributed by atoms with van der Waals surface area (Å²) in [5.41, 5.74) is -0.261. The molecule has 1 heterocycles. The van der Waals surface area contributed by atoms with Crippen LogP contribution < -0.4 is 0 Å². The summed E-state index contributed by atoms with van der Waals surface area (Å²) < 4.78 is 27.6.